The molecule has 1 nitrogen and oxygen atoms in total. The molecule has 21 heavy (non-hydrogen) atoms. The van der Waals surface area contributed by atoms with Crippen LogP contribution in [-0.4, -0.2) is 6.54 Å². The Balaban J connectivity index is 1.96. The van der Waals surface area contributed by atoms with Crippen molar-refractivity contribution < 1.29 is 0 Å². The second-order valence-electron chi connectivity index (χ2n) is 6.43. The molecule has 1 atom stereocenters. The summed E-state index contributed by atoms with van der Waals surface area (Å²) in [5.41, 5.74) is 7.22. The molecule has 0 aromatic heterocycles. The molecule has 2 aromatic carbocycles. The molecular weight excluding hydrogens is 254 g/mol. The predicted octanol–water partition coefficient (Wildman–Crippen LogP) is 4.95. The van der Waals surface area contributed by atoms with E-state index in [1.54, 1.807) is 0 Å². The Morgan fingerprint density at radius 3 is 2.52 bits per heavy atom. The SMILES string of the molecule is CCCNC(c1ccc2c(c1)-c1ccccc1C2)C(C)C. The van der Waals surface area contributed by atoms with Gasteiger partial charge in [0.1, 0.15) is 0 Å². The van der Waals surface area contributed by atoms with Gasteiger partial charge < -0.3 is 5.32 Å². The minimum absolute atomic E-state index is 0.447. The van der Waals surface area contributed by atoms with Crippen molar-refractivity contribution in [2.75, 3.05) is 6.54 Å². The molecule has 0 aliphatic heterocycles. The third-order valence-electron chi connectivity index (χ3n) is 4.46. The van der Waals surface area contributed by atoms with Crippen LogP contribution in [0.3, 0.4) is 0 Å². The molecule has 1 unspecified atom stereocenters. The van der Waals surface area contributed by atoms with Crippen LogP contribution in [0.25, 0.3) is 11.1 Å². The Morgan fingerprint density at radius 1 is 1.00 bits per heavy atom. The van der Waals surface area contributed by atoms with Gasteiger partial charge in [0.25, 0.3) is 0 Å². The minimum atomic E-state index is 0.447. The van der Waals surface area contributed by atoms with Crippen molar-refractivity contribution in [2.45, 2.75) is 39.7 Å². The van der Waals surface area contributed by atoms with Gasteiger partial charge in [0.15, 0.2) is 0 Å². The highest BCUT2D eigenvalue weighted by Crippen LogP contribution is 2.38. The summed E-state index contributed by atoms with van der Waals surface area (Å²) in [6, 6.07) is 16.3. The van der Waals surface area contributed by atoms with E-state index < -0.39 is 0 Å². The molecule has 3 rings (SSSR count). The normalized spacial score (nSPS) is 14.1. The standard InChI is InChI=1S/C20H25N/c1-4-11-21-20(14(2)3)17-10-9-16-12-15-7-5-6-8-18(15)19(16)13-17/h5-10,13-14,20-21H,4,11-12H2,1-3H3. The zero-order chi connectivity index (χ0) is 14.8. The first-order valence-corrected chi connectivity index (χ1v) is 8.15. The van der Waals surface area contributed by atoms with Gasteiger partial charge in [0.2, 0.25) is 0 Å². The lowest BCUT2D eigenvalue weighted by molar-refractivity contribution is 0.413. The number of rotatable bonds is 5. The number of benzene rings is 2. The molecule has 0 amide bonds. The van der Waals surface area contributed by atoms with E-state index in [1.165, 1.54) is 34.2 Å². The Kier molecular flexibility index (Phi) is 4.12. The van der Waals surface area contributed by atoms with Gasteiger partial charge >= 0.3 is 0 Å². The van der Waals surface area contributed by atoms with Gasteiger partial charge in [0, 0.05) is 6.04 Å². The lowest BCUT2D eigenvalue weighted by atomic mass is 9.92. The fourth-order valence-electron chi connectivity index (χ4n) is 3.37. The van der Waals surface area contributed by atoms with Gasteiger partial charge in [-0.2, -0.15) is 0 Å². The third kappa shape index (κ3) is 2.75. The molecule has 0 saturated heterocycles. The molecule has 1 N–H and O–H groups in total. The van der Waals surface area contributed by atoms with Gasteiger partial charge in [-0.3, -0.25) is 0 Å². The van der Waals surface area contributed by atoms with E-state index in [9.17, 15) is 0 Å². The Labute approximate surface area is 128 Å². The van der Waals surface area contributed by atoms with Crippen molar-refractivity contribution >= 4 is 0 Å². The lowest BCUT2D eigenvalue weighted by Gasteiger charge is -2.23. The topological polar surface area (TPSA) is 12.0 Å². The van der Waals surface area contributed by atoms with Crippen molar-refractivity contribution in [3.05, 3.63) is 59.2 Å². The summed E-state index contributed by atoms with van der Waals surface area (Å²) < 4.78 is 0. The smallest absolute Gasteiger partial charge is 0.0343 e. The molecule has 0 spiro atoms. The summed E-state index contributed by atoms with van der Waals surface area (Å²) in [4.78, 5) is 0. The van der Waals surface area contributed by atoms with Crippen molar-refractivity contribution in [3.63, 3.8) is 0 Å². The van der Waals surface area contributed by atoms with Gasteiger partial charge in [0.05, 0.1) is 0 Å². The maximum Gasteiger partial charge on any atom is 0.0343 e. The number of hydrogen-bond acceptors (Lipinski definition) is 1. The van der Waals surface area contributed by atoms with Crippen LogP contribution in [0.2, 0.25) is 0 Å². The maximum absolute atomic E-state index is 3.70. The van der Waals surface area contributed by atoms with E-state index in [2.05, 4.69) is 68.6 Å². The quantitative estimate of drug-likeness (QED) is 0.696. The summed E-state index contributed by atoms with van der Waals surface area (Å²) in [5.74, 6) is 0.603. The van der Waals surface area contributed by atoms with E-state index in [0.717, 1.165) is 13.0 Å². The van der Waals surface area contributed by atoms with Crippen molar-refractivity contribution in [1.29, 1.82) is 0 Å². The van der Waals surface area contributed by atoms with Crippen LogP contribution < -0.4 is 5.32 Å². The second-order valence-corrected chi connectivity index (χ2v) is 6.43. The Hall–Kier alpha value is -1.60. The highest BCUT2D eigenvalue weighted by Gasteiger charge is 2.21. The minimum Gasteiger partial charge on any atom is -0.310 e. The van der Waals surface area contributed by atoms with E-state index in [-0.39, 0.29) is 0 Å². The van der Waals surface area contributed by atoms with Gasteiger partial charge in [-0.1, -0.05) is 57.2 Å². The van der Waals surface area contributed by atoms with Gasteiger partial charge in [-0.25, -0.2) is 0 Å². The molecular formula is C20H25N. The van der Waals surface area contributed by atoms with E-state index in [0.29, 0.717) is 12.0 Å². The number of hydrogen-bond donors (Lipinski definition) is 1. The Morgan fingerprint density at radius 2 is 1.76 bits per heavy atom. The van der Waals surface area contributed by atoms with Crippen LogP contribution in [0, 0.1) is 5.92 Å². The fraction of sp³-hybridized carbons (Fsp3) is 0.400. The predicted molar refractivity (Wildman–Crippen MR) is 90.6 cm³/mol. The van der Waals surface area contributed by atoms with Gasteiger partial charge in [-0.05, 0) is 59.2 Å². The van der Waals surface area contributed by atoms with Crippen molar-refractivity contribution in [2.24, 2.45) is 5.92 Å². The van der Waals surface area contributed by atoms with Crippen LogP contribution in [0.4, 0.5) is 0 Å². The summed E-state index contributed by atoms with van der Waals surface area (Å²) in [5, 5.41) is 3.70. The van der Waals surface area contributed by atoms with Crippen molar-refractivity contribution in [1.82, 2.24) is 5.32 Å². The van der Waals surface area contributed by atoms with Crippen LogP contribution in [0.1, 0.15) is 49.9 Å². The molecule has 0 radical (unpaired) electrons. The molecule has 1 aliphatic rings. The average Bonchev–Trinajstić information content (AvgIpc) is 2.85. The second kappa shape index (κ2) is 6.03. The molecule has 0 heterocycles. The van der Waals surface area contributed by atoms with E-state index in [4.69, 9.17) is 0 Å². The highest BCUT2D eigenvalue weighted by atomic mass is 14.9. The Bertz CT molecular complexity index is 627. The van der Waals surface area contributed by atoms with E-state index >= 15 is 0 Å². The lowest BCUT2D eigenvalue weighted by Crippen LogP contribution is -2.26. The number of fused-ring (bicyclic) bond motifs is 3. The monoisotopic (exact) mass is 279 g/mol. The highest BCUT2D eigenvalue weighted by molar-refractivity contribution is 5.77. The first-order valence-electron chi connectivity index (χ1n) is 8.15. The van der Waals surface area contributed by atoms with Gasteiger partial charge in [-0.15, -0.1) is 0 Å². The molecule has 1 aliphatic carbocycles. The van der Waals surface area contributed by atoms with Crippen molar-refractivity contribution in [3.8, 4) is 11.1 Å². The zero-order valence-electron chi connectivity index (χ0n) is 13.3. The van der Waals surface area contributed by atoms with E-state index in [1.807, 2.05) is 0 Å². The zero-order valence-corrected chi connectivity index (χ0v) is 13.3. The summed E-state index contributed by atoms with van der Waals surface area (Å²) in [7, 11) is 0. The summed E-state index contributed by atoms with van der Waals surface area (Å²) in [6.45, 7) is 7.91. The fourth-order valence-corrected chi connectivity index (χ4v) is 3.37. The molecule has 2 aromatic rings. The molecule has 110 valence electrons. The van der Waals surface area contributed by atoms with Crippen LogP contribution in [0.15, 0.2) is 42.5 Å². The molecule has 0 fully saturated rings. The molecule has 0 saturated carbocycles. The summed E-state index contributed by atoms with van der Waals surface area (Å²) in [6.07, 6.45) is 2.26. The molecule has 1 heteroatoms. The largest absolute Gasteiger partial charge is 0.310 e. The number of nitrogens with one attached hydrogen (secondary N) is 1. The first-order chi connectivity index (χ1) is 10.2. The van der Waals surface area contributed by atoms with Crippen LogP contribution >= 0.6 is 0 Å². The molecule has 0 bridgehead atoms. The van der Waals surface area contributed by atoms with Crippen LogP contribution in [-0.2, 0) is 6.42 Å². The maximum atomic E-state index is 3.70. The van der Waals surface area contributed by atoms with Crippen LogP contribution in [0.5, 0.6) is 0 Å². The average molecular weight is 279 g/mol. The first kappa shape index (κ1) is 14.3. The third-order valence-corrected chi connectivity index (χ3v) is 4.46. The summed E-state index contributed by atoms with van der Waals surface area (Å²) >= 11 is 0.